The molecule has 0 heterocycles. The van der Waals surface area contributed by atoms with E-state index in [9.17, 15) is 13.2 Å². The van der Waals surface area contributed by atoms with Crippen LogP contribution in [0.2, 0.25) is 0 Å². The summed E-state index contributed by atoms with van der Waals surface area (Å²) in [5.41, 5.74) is -0.862. The first-order chi connectivity index (χ1) is 6.68. The molecule has 0 radical (unpaired) electrons. The van der Waals surface area contributed by atoms with Crippen LogP contribution in [-0.4, -0.2) is 17.8 Å². The van der Waals surface area contributed by atoms with Crippen molar-refractivity contribution in [3.8, 4) is 6.07 Å². The summed E-state index contributed by atoms with van der Waals surface area (Å²) in [5.74, 6) is 0. The Morgan fingerprint density at radius 1 is 1.27 bits per heavy atom. The van der Waals surface area contributed by atoms with Gasteiger partial charge in [-0.2, -0.15) is 18.4 Å². The molecule has 0 aromatic rings. The van der Waals surface area contributed by atoms with Crippen molar-refractivity contribution >= 4 is 0 Å². The fraction of sp³-hybridized carbons (Fsp3) is 0.900. The molecule has 2 nitrogen and oxygen atoms in total. The molecule has 0 aliphatic rings. The molecule has 0 aromatic carbocycles. The molecule has 0 aliphatic carbocycles. The monoisotopic (exact) mass is 222 g/mol. The number of nitrogens with one attached hydrogen (secondary N) is 1. The van der Waals surface area contributed by atoms with Crippen molar-refractivity contribution < 1.29 is 13.2 Å². The lowest BCUT2D eigenvalue weighted by Crippen LogP contribution is -2.45. The topological polar surface area (TPSA) is 35.8 Å². The molecule has 0 spiro atoms. The number of nitrogens with zero attached hydrogens (tertiary/aromatic N) is 1. The molecule has 0 amide bonds. The van der Waals surface area contributed by atoms with Gasteiger partial charge in [-0.3, -0.25) is 5.32 Å². The van der Waals surface area contributed by atoms with Crippen LogP contribution in [0.4, 0.5) is 13.2 Å². The van der Waals surface area contributed by atoms with Gasteiger partial charge in [0.1, 0.15) is 5.54 Å². The molecule has 0 fully saturated rings. The Labute approximate surface area is 88.5 Å². The van der Waals surface area contributed by atoms with Gasteiger partial charge in [0.2, 0.25) is 0 Å². The van der Waals surface area contributed by atoms with Gasteiger partial charge < -0.3 is 0 Å². The van der Waals surface area contributed by atoms with Crippen LogP contribution in [0.1, 0.15) is 40.0 Å². The van der Waals surface area contributed by atoms with Gasteiger partial charge in [-0.25, -0.2) is 0 Å². The van der Waals surface area contributed by atoms with Crippen molar-refractivity contribution in [2.45, 2.75) is 57.8 Å². The van der Waals surface area contributed by atoms with Crippen LogP contribution in [-0.2, 0) is 0 Å². The van der Waals surface area contributed by atoms with E-state index in [0.717, 1.165) is 0 Å². The summed E-state index contributed by atoms with van der Waals surface area (Å²) in [6.07, 6.45) is -4.77. The van der Waals surface area contributed by atoms with Crippen molar-refractivity contribution in [2.75, 3.05) is 0 Å². The van der Waals surface area contributed by atoms with E-state index in [4.69, 9.17) is 5.26 Å². The zero-order valence-corrected chi connectivity index (χ0v) is 9.28. The highest BCUT2D eigenvalue weighted by Gasteiger charge is 2.30. The summed E-state index contributed by atoms with van der Waals surface area (Å²) >= 11 is 0. The second-order valence-corrected chi connectivity index (χ2v) is 4.21. The Morgan fingerprint density at radius 3 is 2.13 bits per heavy atom. The third-order valence-electron chi connectivity index (χ3n) is 1.99. The standard InChI is InChI=1S/C10H17F3N2/c1-8(2)15-9(3,7-14)5-4-6-10(11,12)13/h8,15H,4-6H2,1-3H3. The third kappa shape index (κ3) is 7.20. The Hall–Kier alpha value is -0.760. The third-order valence-corrected chi connectivity index (χ3v) is 1.99. The average molecular weight is 222 g/mol. The molecule has 0 bridgehead atoms. The van der Waals surface area contributed by atoms with Crippen molar-refractivity contribution in [3.63, 3.8) is 0 Å². The highest BCUT2D eigenvalue weighted by atomic mass is 19.4. The maximum Gasteiger partial charge on any atom is 0.389 e. The van der Waals surface area contributed by atoms with E-state index < -0.39 is 18.1 Å². The van der Waals surface area contributed by atoms with Crippen LogP contribution in [0.25, 0.3) is 0 Å². The summed E-state index contributed by atoms with van der Waals surface area (Å²) in [4.78, 5) is 0. The molecule has 0 saturated carbocycles. The number of rotatable bonds is 5. The van der Waals surface area contributed by atoms with E-state index in [0.29, 0.717) is 0 Å². The fourth-order valence-corrected chi connectivity index (χ4v) is 1.44. The minimum absolute atomic E-state index is 0.0206. The highest BCUT2D eigenvalue weighted by molar-refractivity contribution is 5.04. The lowest BCUT2D eigenvalue weighted by atomic mass is 9.95. The predicted molar refractivity (Wildman–Crippen MR) is 52.2 cm³/mol. The van der Waals surface area contributed by atoms with Gasteiger partial charge in [-0.15, -0.1) is 0 Å². The van der Waals surface area contributed by atoms with Crippen LogP contribution >= 0.6 is 0 Å². The van der Waals surface area contributed by atoms with E-state index in [1.54, 1.807) is 6.92 Å². The largest absolute Gasteiger partial charge is 0.389 e. The first-order valence-corrected chi connectivity index (χ1v) is 4.94. The molecular weight excluding hydrogens is 205 g/mol. The second-order valence-electron chi connectivity index (χ2n) is 4.21. The van der Waals surface area contributed by atoms with Gasteiger partial charge in [0.25, 0.3) is 0 Å². The van der Waals surface area contributed by atoms with Crippen LogP contribution in [0.3, 0.4) is 0 Å². The molecule has 0 saturated heterocycles. The first-order valence-electron chi connectivity index (χ1n) is 4.94. The van der Waals surface area contributed by atoms with E-state index >= 15 is 0 Å². The highest BCUT2D eigenvalue weighted by Crippen LogP contribution is 2.24. The molecule has 88 valence electrons. The van der Waals surface area contributed by atoms with Crippen molar-refractivity contribution in [2.24, 2.45) is 0 Å². The lowest BCUT2D eigenvalue weighted by molar-refractivity contribution is -0.136. The molecule has 1 N–H and O–H groups in total. The normalized spacial score (nSPS) is 16.1. The Bertz CT molecular complexity index is 230. The van der Waals surface area contributed by atoms with Crippen LogP contribution in [0, 0.1) is 11.3 Å². The SMILES string of the molecule is CC(C)NC(C)(C#N)CCCC(F)(F)F. The molecule has 0 aromatic heterocycles. The minimum atomic E-state index is -4.13. The summed E-state index contributed by atoms with van der Waals surface area (Å²) in [6.45, 7) is 5.35. The Balaban J connectivity index is 4.06. The van der Waals surface area contributed by atoms with Gasteiger partial charge in [-0.1, -0.05) is 0 Å². The lowest BCUT2D eigenvalue weighted by Gasteiger charge is -2.25. The zero-order valence-electron chi connectivity index (χ0n) is 9.28. The molecule has 0 rings (SSSR count). The van der Waals surface area contributed by atoms with Crippen LogP contribution in [0.5, 0.6) is 0 Å². The van der Waals surface area contributed by atoms with Crippen molar-refractivity contribution in [1.29, 1.82) is 5.26 Å². The number of halogens is 3. The van der Waals surface area contributed by atoms with E-state index in [2.05, 4.69) is 5.32 Å². The van der Waals surface area contributed by atoms with Crippen molar-refractivity contribution in [1.82, 2.24) is 5.32 Å². The maximum atomic E-state index is 11.9. The molecule has 15 heavy (non-hydrogen) atoms. The van der Waals surface area contributed by atoms with Gasteiger partial charge in [0.15, 0.2) is 0 Å². The minimum Gasteiger partial charge on any atom is -0.297 e. The second kappa shape index (κ2) is 5.36. The molecule has 1 atom stereocenters. The maximum absolute atomic E-state index is 11.9. The summed E-state index contributed by atoms with van der Waals surface area (Å²) in [7, 11) is 0. The summed E-state index contributed by atoms with van der Waals surface area (Å²) < 4.78 is 35.7. The zero-order chi connectivity index (χ0) is 12.1. The van der Waals surface area contributed by atoms with Crippen LogP contribution < -0.4 is 5.32 Å². The fourth-order valence-electron chi connectivity index (χ4n) is 1.44. The van der Waals surface area contributed by atoms with E-state index in [1.165, 1.54) is 0 Å². The van der Waals surface area contributed by atoms with E-state index in [-0.39, 0.29) is 18.9 Å². The number of hydrogen-bond acceptors (Lipinski definition) is 2. The van der Waals surface area contributed by atoms with E-state index in [1.807, 2.05) is 19.9 Å². The molecule has 5 heteroatoms. The van der Waals surface area contributed by atoms with Crippen LogP contribution in [0.15, 0.2) is 0 Å². The Kier molecular flexibility index (Phi) is 5.09. The van der Waals surface area contributed by atoms with Gasteiger partial charge in [-0.05, 0) is 33.6 Å². The number of alkyl halides is 3. The quantitative estimate of drug-likeness (QED) is 0.776. The molecule has 1 unspecified atom stereocenters. The van der Waals surface area contributed by atoms with Gasteiger partial charge in [0, 0.05) is 12.5 Å². The van der Waals surface area contributed by atoms with Gasteiger partial charge in [0.05, 0.1) is 6.07 Å². The Morgan fingerprint density at radius 2 is 1.80 bits per heavy atom. The van der Waals surface area contributed by atoms with Crippen molar-refractivity contribution in [3.05, 3.63) is 0 Å². The average Bonchev–Trinajstić information content (AvgIpc) is 2.00. The number of nitriles is 1. The molecular formula is C10H17F3N2. The molecule has 0 aliphatic heterocycles. The summed E-state index contributed by atoms with van der Waals surface area (Å²) in [6, 6.07) is 2.10. The number of hydrogen-bond donors (Lipinski definition) is 1. The first kappa shape index (κ1) is 14.2. The predicted octanol–water partition coefficient (Wildman–Crippen LogP) is 3.00. The summed E-state index contributed by atoms with van der Waals surface area (Å²) in [5, 5.41) is 11.8. The van der Waals surface area contributed by atoms with Gasteiger partial charge >= 0.3 is 6.18 Å². The smallest absolute Gasteiger partial charge is 0.297 e.